The maximum Gasteiger partial charge on any atom is 0.336 e. The molecule has 0 aromatic heterocycles. The highest BCUT2D eigenvalue weighted by Crippen LogP contribution is 2.50. The minimum absolute atomic E-state index is 0.0877. The summed E-state index contributed by atoms with van der Waals surface area (Å²) in [5.41, 5.74) is 1.56. The van der Waals surface area contributed by atoms with Crippen LogP contribution in [0.15, 0.2) is 96.2 Å². The molecule has 242 valence electrons. The molecule has 10 heteroatoms. The number of hydrogen-bond donors (Lipinski definition) is 2. The third-order valence-electron chi connectivity index (χ3n) is 9.73. The number of non-ortho nitro benzene ring substituents is 1. The summed E-state index contributed by atoms with van der Waals surface area (Å²) < 4.78 is 5.31. The number of nitro benzene ring substituents is 1. The van der Waals surface area contributed by atoms with Crippen LogP contribution in [0.25, 0.3) is 0 Å². The lowest BCUT2D eigenvalue weighted by Gasteiger charge is -2.58. The lowest BCUT2D eigenvalue weighted by Crippen LogP contribution is -2.74. The Kier molecular flexibility index (Phi) is 9.88. The largest absolute Gasteiger partial charge is 0.480 e. The standard InChI is InChI=1S/C36H42N4O6/c1-5-20-39-24(2)31(34(41)46-4)33(28-17-12-18-29(22-28)40(44)45)36(25(39)3,35(42)43)38-21-19-37-30(23-38)32(26-13-8-6-9-14-26)27-15-10-7-11-16-27/h6-18,22,25,30,32-33,37H,5,19-21,23H2,1-4H3,(H,42,43). The summed E-state index contributed by atoms with van der Waals surface area (Å²) in [6.07, 6.45) is 0.724. The number of nitro groups is 1. The fraction of sp³-hybridized carbons (Fsp3) is 0.389. The van der Waals surface area contributed by atoms with Crippen LogP contribution in [0.5, 0.6) is 0 Å². The molecule has 2 aliphatic heterocycles. The molecule has 4 atom stereocenters. The van der Waals surface area contributed by atoms with Crippen molar-refractivity contribution in [3.63, 3.8) is 0 Å². The van der Waals surface area contributed by atoms with Gasteiger partial charge in [-0.3, -0.25) is 19.8 Å². The minimum Gasteiger partial charge on any atom is -0.480 e. The van der Waals surface area contributed by atoms with Crippen molar-refractivity contribution in [2.75, 3.05) is 33.3 Å². The molecule has 0 aliphatic carbocycles. The maximum atomic E-state index is 14.1. The third kappa shape index (κ3) is 5.78. The van der Waals surface area contributed by atoms with Crippen molar-refractivity contribution in [3.8, 4) is 0 Å². The number of carboxylic acids is 1. The van der Waals surface area contributed by atoms with Gasteiger partial charge in [0.2, 0.25) is 0 Å². The number of benzene rings is 3. The molecule has 2 heterocycles. The summed E-state index contributed by atoms with van der Waals surface area (Å²) in [4.78, 5) is 43.2. The molecule has 2 N–H and O–H groups in total. The number of carbonyl (C=O) groups excluding carboxylic acids is 1. The number of ether oxygens (including phenoxy) is 1. The van der Waals surface area contributed by atoms with Gasteiger partial charge in [0, 0.05) is 61.9 Å². The number of nitrogens with zero attached hydrogens (tertiary/aromatic N) is 3. The summed E-state index contributed by atoms with van der Waals surface area (Å²) in [5.74, 6) is -2.88. The smallest absolute Gasteiger partial charge is 0.336 e. The Morgan fingerprint density at radius 3 is 2.24 bits per heavy atom. The van der Waals surface area contributed by atoms with E-state index in [0.717, 1.165) is 17.5 Å². The van der Waals surface area contributed by atoms with Gasteiger partial charge in [0.25, 0.3) is 5.69 Å². The average molecular weight is 627 g/mol. The molecule has 0 amide bonds. The number of carboxylic acid groups (broad SMARTS) is 1. The first-order chi connectivity index (χ1) is 22.2. The van der Waals surface area contributed by atoms with E-state index in [9.17, 15) is 24.8 Å². The molecule has 4 unspecified atom stereocenters. The SMILES string of the molecule is CCCN1C(C)=C(C(=O)OC)C(c2cccc([N+](=O)[O-])c2)C(C(=O)O)(N2CCNC(C(c3ccccc3)c3ccccc3)C2)C1C. The van der Waals surface area contributed by atoms with Crippen molar-refractivity contribution < 1.29 is 24.4 Å². The van der Waals surface area contributed by atoms with E-state index in [1.807, 2.05) is 67.0 Å². The molecule has 3 aromatic carbocycles. The lowest BCUT2D eigenvalue weighted by atomic mass is 9.65. The van der Waals surface area contributed by atoms with Crippen LogP contribution in [-0.2, 0) is 14.3 Å². The molecule has 2 aliphatic rings. The quantitative estimate of drug-likeness (QED) is 0.178. The molecule has 5 rings (SSSR count). The fourth-order valence-electron chi connectivity index (χ4n) is 7.77. The van der Waals surface area contributed by atoms with E-state index >= 15 is 0 Å². The first-order valence-electron chi connectivity index (χ1n) is 15.8. The van der Waals surface area contributed by atoms with Gasteiger partial charge in [0.1, 0.15) is 0 Å². The zero-order valence-corrected chi connectivity index (χ0v) is 26.8. The lowest BCUT2D eigenvalue weighted by molar-refractivity contribution is -0.384. The van der Waals surface area contributed by atoms with Gasteiger partial charge in [-0.1, -0.05) is 79.7 Å². The molecule has 0 saturated carbocycles. The summed E-state index contributed by atoms with van der Waals surface area (Å²) in [7, 11) is 1.28. The van der Waals surface area contributed by atoms with Crippen LogP contribution >= 0.6 is 0 Å². The molecule has 1 fully saturated rings. The third-order valence-corrected chi connectivity index (χ3v) is 9.73. The van der Waals surface area contributed by atoms with Crippen LogP contribution in [0.4, 0.5) is 5.69 Å². The first-order valence-corrected chi connectivity index (χ1v) is 15.8. The Hall–Kier alpha value is -4.54. The molecule has 0 bridgehead atoms. The Morgan fingerprint density at radius 2 is 1.70 bits per heavy atom. The number of esters is 1. The normalized spacial score (nSPS) is 23.8. The molecular weight excluding hydrogens is 584 g/mol. The van der Waals surface area contributed by atoms with Crippen LogP contribution in [-0.4, -0.2) is 82.7 Å². The van der Waals surface area contributed by atoms with Crippen molar-refractivity contribution in [2.24, 2.45) is 0 Å². The number of rotatable bonds is 10. The van der Waals surface area contributed by atoms with Crippen LogP contribution < -0.4 is 5.32 Å². The summed E-state index contributed by atoms with van der Waals surface area (Å²) in [6.45, 7) is 7.50. The number of aliphatic carboxylic acids is 1. The highest BCUT2D eigenvalue weighted by molar-refractivity contribution is 5.95. The highest BCUT2D eigenvalue weighted by atomic mass is 16.6. The van der Waals surface area contributed by atoms with Gasteiger partial charge in [-0.05, 0) is 37.0 Å². The van der Waals surface area contributed by atoms with E-state index in [4.69, 9.17) is 4.74 Å². The van der Waals surface area contributed by atoms with Crippen LogP contribution in [0, 0.1) is 10.1 Å². The van der Waals surface area contributed by atoms with Gasteiger partial charge in [0.05, 0.1) is 23.6 Å². The Morgan fingerprint density at radius 1 is 1.07 bits per heavy atom. The predicted octanol–water partition coefficient (Wildman–Crippen LogP) is 5.17. The molecule has 10 nitrogen and oxygen atoms in total. The average Bonchev–Trinajstić information content (AvgIpc) is 3.07. The van der Waals surface area contributed by atoms with Crippen molar-refractivity contribution in [1.82, 2.24) is 15.1 Å². The topological polar surface area (TPSA) is 125 Å². The van der Waals surface area contributed by atoms with Gasteiger partial charge in [-0.2, -0.15) is 0 Å². The van der Waals surface area contributed by atoms with Crippen molar-refractivity contribution in [3.05, 3.63) is 123 Å². The maximum absolute atomic E-state index is 14.1. The first kappa shape index (κ1) is 32.8. The number of hydrogen-bond acceptors (Lipinski definition) is 8. The second-order valence-corrected chi connectivity index (χ2v) is 12.1. The fourth-order valence-corrected chi connectivity index (χ4v) is 7.77. The van der Waals surface area contributed by atoms with Gasteiger partial charge in [-0.25, -0.2) is 4.79 Å². The number of allylic oxidation sites excluding steroid dienone is 1. The van der Waals surface area contributed by atoms with E-state index in [0.29, 0.717) is 37.4 Å². The minimum atomic E-state index is -1.67. The zero-order chi connectivity index (χ0) is 33.0. The van der Waals surface area contributed by atoms with Crippen molar-refractivity contribution in [2.45, 2.75) is 56.7 Å². The molecule has 3 aromatic rings. The summed E-state index contributed by atoms with van der Waals surface area (Å²) in [5, 5.41) is 27.1. The van der Waals surface area contributed by atoms with Crippen LogP contribution in [0.3, 0.4) is 0 Å². The second kappa shape index (κ2) is 13.8. The zero-order valence-electron chi connectivity index (χ0n) is 26.8. The molecule has 0 radical (unpaired) electrons. The highest BCUT2D eigenvalue weighted by Gasteiger charge is 2.62. The van der Waals surface area contributed by atoms with Gasteiger partial charge < -0.3 is 20.1 Å². The number of methoxy groups -OCH3 is 1. The van der Waals surface area contributed by atoms with Gasteiger partial charge >= 0.3 is 11.9 Å². The van der Waals surface area contributed by atoms with Gasteiger partial charge in [0.15, 0.2) is 5.54 Å². The Labute approximate surface area is 269 Å². The van der Waals surface area contributed by atoms with E-state index in [1.165, 1.54) is 19.2 Å². The Bertz CT molecular complexity index is 1560. The van der Waals surface area contributed by atoms with Gasteiger partial charge in [-0.15, -0.1) is 0 Å². The van der Waals surface area contributed by atoms with Crippen molar-refractivity contribution in [1.29, 1.82) is 0 Å². The second-order valence-electron chi connectivity index (χ2n) is 12.1. The molecule has 0 spiro atoms. The van der Waals surface area contributed by atoms with Crippen molar-refractivity contribution >= 4 is 17.6 Å². The predicted molar refractivity (Wildman–Crippen MR) is 175 cm³/mol. The number of piperazine rings is 1. The molecular formula is C36H42N4O6. The van der Waals surface area contributed by atoms with E-state index in [2.05, 4.69) is 29.6 Å². The summed E-state index contributed by atoms with van der Waals surface area (Å²) >= 11 is 0. The summed E-state index contributed by atoms with van der Waals surface area (Å²) in [6, 6.07) is 25.6. The van der Waals surface area contributed by atoms with E-state index in [1.54, 1.807) is 12.1 Å². The Balaban J connectivity index is 1.73. The van der Waals surface area contributed by atoms with Crippen LogP contribution in [0.1, 0.15) is 55.7 Å². The van der Waals surface area contributed by atoms with E-state index < -0.39 is 34.4 Å². The van der Waals surface area contributed by atoms with Crippen LogP contribution in [0.2, 0.25) is 0 Å². The van der Waals surface area contributed by atoms with E-state index in [-0.39, 0.29) is 23.2 Å². The monoisotopic (exact) mass is 626 g/mol. The number of carbonyl (C=O) groups is 2. The number of nitrogens with one attached hydrogen (secondary N) is 1. The molecule has 1 saturated heterocycles. The molecule has 46 heavy (non-hydrogen) atoms.